The third-order valence-corrected chi connectivity index (χ3v) is 4.81. The van der Waals surface area contributed by atoms with Crippen molar-refractivity contribution in [2.75, 3.05) is 6.54 Å². The lowest BCUT2D eigenvalue weighted by atomic mass is 9.60. The molecule has 0 amide bonds. The minimum absolute atomic E-state index is 0.474. The van der Waals surface area contributed by atoms with Crippen molar-refractivity contribution in [1.82, 2.24) is 0 Å². The Hall–Kier alpha value is -0.590. The minimum atomic E-state index is 0.474. The van der Waals surface area contributed by atoms with E-state index < -0.39 is 0 Å². The van der Waals surface area contributed by atoms with Gasteiger partial charge >= 0.3 is 0 Å². The average Bonchev–Trinajstić information content (AvgIpc) is 2.33. The maximum absolute atomic E-state index is 3.75. The van der Waals surface area contributed by atoms with Gasteiger partial charge in [-0.1, -0.05) is 39.3 Å². The molecule has 1 aliphatic carbocycles. The van der Waals surface area contributed by atoms with Crippen molar-refractivity contribution in [3.8, 4) is 0 Å². The SMILES string of the molecule is CCCCC1=[NH+]CCC[C@]12C[C@@H](C)C=C[C@H]2C. The standard InChI is InChI=1S/C16H27N/c1-4-5-7-15-16(10-6-11-17-15)12-13(2)8-9-14(16)3/h8-9,13-14H,4-7,10-12H2,1-3H3/p+1/t13-,14+,16+/m0/s1. The van der Waals surface area contributed by atoms with Crippen LogP contribution in [0.3, 0.4) is 0 Å². The lowest BCUT2D eigenvalue weighted by molar-refractivity contribution is -0.472. The van der Waals surface area contributed by atoms with Crippen LogP contribution < -0.4 is 4.99 Å². The molecule has 1 N–H and O–H groups in total. The smallest absolute Gasteiger partial charge is 0.157 e. The van der Waals surface area contributed by atoms with E-state index >= 15 is 0 Å². The Morgan fingerprint density at radius 3 is 2.94 bits per heavy atom. The van der Waals surface area contributed by atoms with Crippen LogP contribution in [0.4, 0.5) is 0 Å². The molecular weight excluding hydrogens is 206 g/mol. The third kappa shape index (κ3) is 2.48. The Labute approximate surface area is 106 Å². The molecule has 0 saturated heterocycles. The fourth-order valence-corrected chi connectivity index (χ4v) is 3.76. The molecule has 1 nitrogen and oxygen atoms in total. The molecule has 17 heavy (non-hydrogen) atoms. The Bertz CT molecular complexity index is 315. The second-order valence-electron chi connectivity index (χ2n) is 6.12. The zero-order valence-electron chi connectivity index (χ0n) is 11.8. The number of hydrogen-bond donors (Lipinski definition) is 1. The van der Waals surface area contributed by atoms with Gasteiger partial charge in [-0.3, -0.25) is 0 Å². The van der Waals surface area contributed by atoms with Gasteiger partial charge in [0, 0.05) is 12.8 Å². The molecule has 1 heterocycles. The predicted molar refractivity (Wildman–Crippen MR) is 74.1 cm³/mol. The van der Waals surface area contributed by atoms with E-state index in [4.69, 9.17) is 0 Å². The Balaban J connectivity index is 2.23. The van der Waals surface area contributed by atoms with E-state index in [1.165, 1.54) is 45.1 Å². The van der Waals surface area contributed by atoms with E-state index in [9.17, 15) is 0 Å². The minimum Gasteiger partial charge on any atom is -0.249 e. The van der Waals surface area contributed by atoms with Crippen LogP contribution in [-0.2, 0) is 0 Å². The molecule has 1 spiro atoms. The predicted octanol–water partition coefficient (Wildman–Crippen LogP) is 2.71. The van der Waals surface area contributed by atoms with Crippen LogP contribution in [0.5, 0.6) is 0 Å². The van der Waals surface area contributed by atoms with E-state index in [1.807, 2.05) is 0 Å². The van der Waals surface area contributed by atoms with Gasteiger partial charge in [-0.2, -0.15) is 0 Å². The summed E-state index contributed by atoms with van der Waals surface area (Å²) in [5.74, 6) is 1.47. The van der Waals surface area contributed by atoms with Crippen molar-refractivity contribution in [3.05, 3.63) is 12.2 Å². The lowest BCUT2D eigenvalue weighted by Gasteiger charge is -2.42. The van der Waals surface area contributed by atoms with Crippen LogP contribution in [0, 0.1) is 17.3 Å². The molecule has 2 rings (SSSR count). The molecule has 0 aromatic heterocycles. The highest BCUT2D eigenvalue weighted by Gasteiger charge is 2.46. The topological polar surface area (TPSA) is 14.0 Å². The van der Waals surface area contributed by atoms with Gasteiger partial charge in [0.15, 0.2) is 5.71 Å². The summed E-state index contributed by atoms with van der Waals surface area (Å²) in [7, 11) is 0. The molecule has 0 radical (unpaired) electrons. The first-order chi connectivity index (χ1) is 8.19. The molecule has 1 aliphatic heterocycles. The van der Waals surface area contributed by atoms with Crippen molar-refractivity contribution in [3.63, 3.8) is 0 Å². The third-order valence-electron chi connectivity index (χ3n) is 4.81. The Morgan fingerprint density at radius 1 is 1.35 bits per heavy atom. The fraction of sp³-hybridized carbons (Fsp3) is 0.812. The largest absolute Gasteiger partial charge is 0.249 e. The molecule has 2 aliphatic rings. The van der Waals surface area contributed by atoms with Gasteiger partial charge in [-0.15, -0.1) is 0 Å². The molecule has 0 bridgehead atoms. The summed E-state index contributed by atoms with van der Waals surface area (Å²) in [4.78, 5) is 3.75. The van der Waals surface area contributed by atoms with Crippen molar-refractivity contribution < 1.29 is 4.99 Å². The van der Waals surface area contributed by atoms with Gasteiger partial charge in [0.05, 0.1) is 5.41 Å². The van der Waals surface area contributed by atoms with E-state index in [0.717, 1.165) is 11.8 Å². The monoisotopic (exact) mass is 234 g/mol. The summed E-state index contributed by atoms with van der Waals surface area (Å²) < 4.78 is 0. The summed E-state index contributed by atoms with van der Waals surface area (Å²) in [6.07, 6.45) is 12.9. The van der Waals surface area contributed by atoms with Crippen molar-refractivity contribution >= 4 is 5.71 Å². The Morgan fingerprint density at radius 2 is 2.18 bits per heavy atom. The maximum atomic E-state index is 3.75. The molecule has 0 aromatic carbocycles. The molecule has 0 fully saturated rings. The second kappa shape index (κ2) is 5.37. The van der Waals surface area contributed by atoms with Crippen molar-refractivity contribution in [2.24, 2.45) is 17.3 Å². The molecule has 0 saturated carbocycles. The van der Waals surface area contributed by atoms with Gasteiger partial charge in [0.2, 0.25) is 0 Å². The van der Waals surface area contributed by atoms with E-state index in [1.54, 1.807) is 5.71 Å². The summed E-state index contributed by atoms with van der Waals surface area (Å²) >= 11 is 0. The Kier molecular flexibility index (Phi) is 4.06. The normalized spacial score (nSPS) is 37.2. The van der Waals surface area contributed by atoms with E-state index in [0.29, 0.717) is 5.41 Å². The highest BCUT2D eigenvalue weighted by Crippen LogP contribution is 2.45. The zero-order valence-corrected chi connectivity index (χ0v) is 11.8. The van der Waals surface area contributed by atoms with Crippen molar-refractivity contribution in [1.29, 1.82) is 0 Å². The maximum Gasteiger partial charge on any atom is 0.157 e. The summed E-state index contributed by atoms with van der Waals surface area (Å²) in [5.41, 5.74) is 2.15. The summed E-state index contributed by atoms with van der Waals surface area (Å²) in [6, 6.07) is 0. The van der Waals surface area contributed by atoms with Crippen LogP contribution in [0.15, 0.2) is 12.2 Å². The zero-order chi connectivity index (χ0) is 12.3. The van der Waals surface area contributed by atoms with Crippen LogP contribution in [0.2, 0.25) is 0 Å². The molecule has 3 atom stereocenters. The quantitative estimate of drug-likeness (QED) is 0.722. The first-order valence-electron chi connectivity index (χ1n) is 7.47. The van der Waals surface area contributed by atoms with Gasteiger partial charge in [0.1, 0.15) is 6.54 Å². The van der Waals surface area contributed by atoms with Gasteiger partial charge < -0.3 is 0 Å². The number of unbranched alkanes of at least 4 members (excludes halogenated alkanes) is 1. The summed E-state index contributed by atoms with van der Waals surface area (Å²) in [6.45, 7) is 8.28. The molecule has 0 unspecified atom stereocenters. The fourth-order valence-electron chi connectivity index (χ4n) is 3.76. The van der Waals surface area contributed by atoms with Gasteiger partial charge in [-0.05, 0) is 31.1 Å². The first-order valence-corrected chi connectivity index (χ1v) is 7.47. The van der Waals surface area contributed by atoms with Crippen LogP contribution in [0.25, 0.3) is 0 Å². The van der Waals surface area contributed by atoms with Gasteiger partial charge in [-0.25, -0.2) is 4.99 Å². The summed E-state index contributed by atoms with van der Waals surface area (Å²) in [5, 5.41) is 0. The lowest BCUT2D eigenvalue weighted by Crippen LogP contribution is -2.79. The van der Waals surface area contributed by atoms with E-state index in [2.05, 4.69) is 37.9 Å². The molecule has 1 heteroatoms. The van der Waals surface area contributed by atoms with Crippen molar-refractivity contribution in [2.45, 2.75) is 59.3 Å². The van der Waals surface area contributed by atoms with E-state index in [-0.39, 0.29) is 0 Å². The molecule has 96 valence electrons. The van der Waals surface area contributed by atoms with Gasteiger partial charge in [0.25, 0.3) is 0 Å². The second-order valence-corrected chi connectivity index (χ2v) is 6.12. The van der Waals surface area contributed by atoms with Crippen LogP contribution in [-0.4, -0.2) is 12.3 Å². The number of hydrogen-bond acceptors (Lipinski definition) is 0. The van der Waals surface area contributed by atoms with Crippen LogP contribution in [0.1, 0.15) is 59.3 Å². The number of allylic oxidation sites excluding steroid dienone is 2. The number of rotatable bonds is 3. The number of nitrogens with one attached hydrogen (secondary N) is 1. The molecular formula is C16H28N+. The molecule has 0 aromatic rings. The van der Waals surface area contributed by atoms with Crippen LogP contribution >= 0.6 is 0 Å². The first kappa shape index (κ1) is 12.9. The highest BCUT2D eigenvalue weighted by molar-refractivity contribution is 5.86. The average molecular weight is 234 g/mol. The highest BCUT2D eigenvalue weighted by atomic mass is 14.8.